The van der Waals surface area contributed by atoms with Gasteiger partial charge in [0.2, 0.25) is 0 Å². The van der Waals surface area contributed by atoms with Crippen molar-refractivity contribution in [2.75, 3.05) is 19.6 Å². The largest absolute Gasteiger partial charge is 0.489 e. The van der Waals surface area contributed by atoms with Gasteiger partial charge in [-0.1, -0.05) is 12.1 Å². The lowest BCUT2D eigenvalue weighted by atomic mass is 10.1. The van der Waals surface area contributed by atoms with Crippen molar-refractivity contribution in [2.45, 2.75) is 18.9 Å². The molecule has 136 valence electrons. The van der Waals surface area contributed by atoms with Gasteiger partial charge in [-0.2, -0.15) is 0 Å². The van der Waals surface area contributed by atoms with Crippen molar-refractivity contribution >= 4 is 11.4 Å². The van der Waals surface area contributed by atoms with Gasteiger partial charge >= 0.3 is 0 Å². The van der Waals surface area contributed by atoms with Crippen LogP contribution in [0.2, 0.25) is 0 Å². The number of ether oxygens (including phenoxy) is 1. The van der Waals surface area contributed by atoms with Gasteiger partial charge in [0, 0.05) is 43.9 Å². The molecule has 1 unspecified atom stereocenters. The molecule has 0 aromatic heterocycles. The third-order valence-corrected chi connectivity index (χ3v) is 4.44. The zero-order valence-corrected chi connectivity index (χ0v) is 14.1. The Morgan fingerprint density at radius 3 is 2.12 bits per heavy atom. The van der Waals surface area contributed by atoms with E-state index in [2.05, 4.69) is 4.90 Å². The second kappa shape index (κ2) is 7.92. The van der Waals surface area contributed by atoms with Crippen LogP contribution in [0, 0.1) is 20.2 Å². The first-order chi connectivity index (χ1) is 12.5. The Kier molecular flexibility index (Phi) is 5.43. The molecule has 1 aliphatic rings. The van der Waals surface area contributed by atoms with Crippen LogP contribution in [-0.2, 0) is 6.42 Å². The van der Waals surface area contributed by atoms with Gasteiger partial charge in [-0.3, -0.25) is 25.1 Å². The van der Waals surface area contributed by atoms with Crippen LogP contribution in [0.5, 0.6) is 5.75 Å². The topological polar surface area (TPSA) is 98.8 Å². The second-order valence-electron chi connectivity index (χ2n) is 6.25. The first-order valence-corrected chi connectivity index (χ1v) is 8.38. The van der Waals surface area contributed by atoms with Crippen LogP contribution in [0.25, 0.3) is 0 Å². The van der Waals surface area contributed by atoms with E-state index >= 15 is 0 Å². The van der Waals surface area contributed by atoms with Gasteiger partial charge in [-0.15, -0.1) is 0 Å². The summed E-state index contributed by atoms with van der Waals surface area (Å²) in [5.41, 5.74) is 1.22. The molecular weight excluding hydrogens is 338 g/mol. The molecule has 0 radical (unpaired) electrons. The quantitative estimate of drug-likeness (QED) is 0.557. The lowest BCUT2D eigenvalue weighted by molar-refractivity contribution is -0.385. The lowest BCUT2D eigenvalue weighted by Crippen LogP contribution is -2.26. The number of hydrogen-bond acceptors (Lipinski definition) is 6. The summed E-state index contributed by atoms with van der Waals surface area (Å²) in [5.74, 6) is 0.637. The van der Waals surface area contributed by atoms with Gasteiger partial charge in [0.25, 0.3) is 11.4 Å². The summed E-state index contributed by atoms with van der Waals surface area (Å²) >= 11 is 0. The first-order valence-electron chi connectivity index (χ1n) is 8.38. The summed E-state index contributed by atoms with van der Waals surface area (Å²) in [6, 6.07) is 12.8. The van der Waals surface area contributed by atoms with Gasteiger partial charge in [0.1, 0.15) is 11.9 Å². The van der Waals surface area contributed by atoms with Crippen LogP contribution >= 0.6 is 0 Å². The Morgan fingerprint density at radius 1 is 0.962 bits per heavy atom. The van der Waals surface area contributed by atoms with E-state index in [0.717, 1.165) is 38.0 Å². The Hall–Kier alpha value is -3.00. The molecule has 1 atom stereocenters. The minimum absolute atomic E-state index is 0.0495. The Bertz CT molecular complexity index is 776. The molecule has 1 heterocycles. The summed E-state index contributed by atoms with van der Waals surface area (Å²) < 4.78 is 5.90. The molecule has 0 amide bonds. The van der Waals surface area contributed by atoms with Gasteiger partial charge in [-0.05, 0) is 30.5 Å². The third kappa shape index (κ3) is 4.54. The van der Waals surface area contributed by atoms with E-state index in [-0.39, 0.29) is 17.5 Å². The van der Waals surface area contributed by atoms with Crippen LogP contribution in [0.15, 0.2) is 48.5 Å². The van der Waals surface area contributed by atoms with Crippen molar-refractivity contribution in [1.82, 2.24) is 4.90 Å². The molecule has 0 saturated carbocycles. The standard InChI is InChI=1S/C18H19N3O5/c22-20(23)15-3-1-14(2-4-15)9-11-19-12-10-18(13-19)26-17-7-5-16(6-8-17)21(24)25/h1-8,18H,9-13H2. The predicted octanol–water partition coefficient (Wildman–Crippen LogP) is 3.20. The molecule has 1 saturated heterocycles. The maximum atomic E-state index is 10.7. The Labute approximate surface area is 150 Å². The molecule has 8 nitrogen and oxygen atoms in total. The van der Waals surface area contributed by atoms with Crippen molar-refractivity contribution in [3.8, 4) is 5.75 Å². The molecule has 1 aliphatic heterocycles. The molecule has 2 aromatic carbocycles. The van der Waals surface area contributed by atoms with E-state index in [1.165, 1.54) is 24.3 Å². The van der Waals surface area contributed by atoms with E-state index in [1.54, 1.807) is 24.3 Å². The monoisotopic (exact) mass is 357 g/mol. The average molecular weight is 357 g/mol. The molecule has 0 N–H and O–H groups in total. The molecule has 0 spiro atoms. The van der Waals surface area contributed by atoms with Crippen LogP contribution < -0.4 is 4.74 Å². The van der Waals surface area contributed by atoms with Crippen molar-refractivity contribution in [3.63, 3.8) is 0 Å². The van der Waals surface area contributed by atoms with Crippen molar-refractivity contribution < 1.29 is 14.6 Å². The fraction of sp³-hybridized carbons (Fsp3) is 0.333. The van der Waals surface area contributed by atoms with Crippen LogP contribution in [0.1, 0.15) is 12.0 Å². The summed E-state index contributed by atoms with van der Waals surface area (Å²) in [7, 11) is 0. The Morgan fingerprint density at radius 2 is 1.54 bits per heavy atom. The predicted molar refractivity (Wildman–Crippen MR) is 95.4 cm³/mol. The molecule has 0 bridgehead atoms. The maximum absolute atomic E-state index is 10.7. The zero-order valence-electron chi connectivity index (χ0n) is 14.1. The van der Waals surface area contributed by atoms with E-state index < -0.39 is 9.85 Å². The highest BCUT2D eigenvalue weighted by atomic mass is 16.6. The zero-order chi connectivity index (χ0) is 18.5. The number of nitro benzene ring substituents is 2. The van der Waals surface area contributed by atoms with E-state index in [1.807, 2.05) is 0 Å². The highest BCUT2D eigenvalue weighted by molar-refractivity contribution is 5.36. The van der Waals surface area contributed by atoms with E-state index in [4.69, 9.17) is 4.74 Å². The van der Waals surface area contributed by atoms with Crippen molar-refractivity contribution in [1.29, 1.82) is 0 Å². The van der Waals surface area contributed by atoms with Gasteiger partial charge < -0.3 is 4.74 Å². The van der Waals surface area contributed by atoms with E-state index in [9.17, 15) is 20.2 Å². The number of likely N-dealkylation sites (tertiary alicyclic amines) is 1. The minimum Gasteiger partial charge on any atom is -0.489 e. The number of nitrogens with zero attached hydrogens (tertiary/aromatic N) is 3. The summed E-state index contributed by atoms with van der Waals surface area (Å²) in [6.07, 6.45) is 1.78. The number of nitro groups is 2. The summed E-state index contributed by atoms with van der Waals surface area (Å²) in [6.45, 7) is 2.58. The van der Waals surface area contributed by atoms with Gasteiger partial charge in [-0.25, -0.2) is 0 Å². The summed E-state index contributed by atoms with van der Waals surface area (Å²) in [4.78, 5) is 22.8. The normalized spacial score (nSPS) is 17.2. The van der Waals surface area contributed by atoms with Crippen LogP contribution in [0.4, 0.5) is 11.4 Å². The van der Waals surface area contributed by atoms with Gasteiger partial charge in [0.05, 0.1) is 9.85 Å². The van der Waals surface area contributed by atoms with Crippen molar-refractivity contribution in [3.05, 3.63) is 74.3 Å². The van der Waals surface area contributed by atoms with E-state index in [0.29, 0.717) is 5.75 Å². The highest BCUT2D eigenvalue weighted by Gasteiger charge is 2.23. The second-order valence-corrected chi connectivity index (χ2v) is 6.25. The molecule has 8 heteroatoms. The molecule has 2 aromatic rings. The smallest absolute Gasteiger partial charge is 0.269 e. The number of non-ortho nitro benzene ring substituents is 2. The molecule has 1 fully saturated rings. The molecular formula is C18H19N3O5. The summed E-state index contributed by atoms with van der Waals surface area (Å²) in [5, 5.41) is 21.3. The maximum Gasteiger partial charge on any atom is 0.269 e. The fourth-order valence-corrected chi connectivity index (χ4v) is 3.01. The van der Waals surface area contributed by atoms with Gasteiger partial charge in [0.15, 0.2) is 0 Å². The number of benzene rings is 2. The van der Waals surface area contributed by atoms with Crippen molar-refractivity contribution in [2.24, 2.45) is 0 Å². The molecule has 26 heavy (non-hydrogen) atoms. The molecule has 3 rings (SSSR count). The first kappa shape index (κ1) is 17.8. The average Bonchev–Trinajstić information content (AvgIpc) is 3.08. The lowest BCUT2D eigenvalue weighted by Gasteiger charge is -2.17. The third-order valence-electron chi connectivity index (χ3n) is 4.44. The fourth-order valence-electron chi connectivity index (χ4n) is 3.01. The number of hydrogen-bond donors (Lipinski definition) is 0. The Balaban J connectivity index is 1.46. The van der Waals surface area contributed by atoms with Crippen LogP contribution in [-0.4, -0.2) is 40.5 Å². The minimum atomic E-state index is -0.431. The SMILES string of the molecule is O=[N+]([O-])c1ccc(CCN2CCC(Oc3ccc([N+](=O)[O-])cc3)C2)cc1. The highest BCUT2D eigenvalue weighted by Crippen LogP contribution is 2.22. The van der Waals surface area contributed by atoms with Crippen LogP contribution in [0.3, 0.4) is 0 Å². The number of rotatable bonds is 7. The molecule has 0 aliphatic carbocycles.